The molecule has 1 N–H and O–H groups in total. The fourth-order valence-electron chi connectivity index (χ4n) is 2.94. The molecule has 3 aromatic carbocycles. The summed E-state index contributed by atoms with van der Waals surface area (Å²) in [5, 5.41) is 3.03. The minimum Gasteiger partial charge on any atom is -0.357 e. The largest absolute Gasteiger partial charge is 0.357 e. The minimum absolute atomic E-state index is 0.562. The highest BCUT2D eigenvalue weighted by Crippen LogP contribution is 2.22. The van der Waals surface area contributed by atoms with E-state index in [9.17, 15) is 0 Å². The topological polar surface area (TPSA) is 50.7 Å². The van der Waals surface area contributed by atoms with E-state index in [0.717, 1.165) is 17.5 Å². The molecule has 0 amide bonds. The molecule has 0 atom stereocenters. The standard InChI is InChI=1S/C23H20N4/c1-24-23-26-21(19-10-6-3-7-11-19)25-22(27-23)20-14-12-18(13-15-20)16-17-8-4-2-5-9-17/h2-15H,16H2,1H3,(H,24,25,26,27). The zero-order chi connectivity index (χ0) is 18.5. The quantitative estimate of drug-likeness (QED) is 0.558. The van der Waals surface area contributed by atoms with E-state index in [0.29, 0.717) is 17.6 Å². The van der Waals surface area contributed by atoms with Gasteiger partial charge in [0.15, 0.2) is 11.6 Å². The maximum atomic E-state index is 4.67. The molecule has 0 spiro atoms. The first-order valence-electron chi connectivity index (χ1n) is 8.94. The summed E-state index contributed by atoms with van der Waals surface area (Å²) in [5.41, 5.74) is 4.51. The van der Waals surface area contributed by atoms with Crippen molar-refractivity contribution in [3.63, 3.8) is 0 Å². The number of aromatic nitrogens is 3. The van der Waals surface area contributed by atoms with Gasteiger partial charge in [-0.3, -0.25) is 0 Å². The Morgan fingerprint density at radius 1 is 0.593 bits per heavy atom. The number of nitrogens with one attached hydrogen (secondary N) is 1. The molecule has 0 radical (unpaired) electrons. The Kier molecular flexibility index (Phi) is 4.88. The van der Waals surface area contributed by atoms with E-state index in [-0.39, 0.29) is 0 Å². The summed E-state index contributed by atoms with van der Waals surface area (Å²) in [5.74, 6) is 1.89. The summed E-state index contributed by atoms with van der Waals surface area (Å²) < 4.78 is 0. The molecule has 4 aromatic rings. The fraction of sp³-hybridized carbons (Fsp3) is 0.0870. The van der Waals surface area contributed by atoms with Crippen molar-refractivity contribution in [1.82, 2.24) is 15.0 Å². The van der Waals surface area contributed by atoms with Crippen LogP contribution in [-0.4, -0.2) is 22.0 Å². The van der Waals surface area contributed by atoms with Crippen LogP contribution in [0.2, 0.25) is 0 Å². The molecule has 1 aromatic heterocycles. The number of anilines is 1. The van der Waals surface area contributed by atoms with Crippen molar-refractivity contribution < 1.29 is 0 Å². The average Bonchev–Trinajstić information content (AvgIpc) is 2.75. The van der Waals surface area contributed by atoms with Crippen molar-refractivity contribution in [2.75, 3.05) is 12.4 Å². The van der Waals surface area contributed by atoms with E-state index in [2.05, 4.69) is 68.8 Å². The van der Waals surface area contributed by atoms with Gasteiger partial charge >= 0.3 is 0 Å². The summed E-state index contributed by atoms with van der Waals surface area (Å²) in [4.78, 5) is 13.7. The summed E-state index contributed by atoms with van der Waals surface area (Å²) in [6.45, 7) is 0. The van der Waals surface area contributed by atoms with Gasteiger partial charge in [-0.1, -0.05) is 84.9 Å². The monoisotopic (exact) mass is 352 g/mol. The SMILES string of the molecule is CNc1nc(-c2ccccc2)nc(-c2ccc(Cc3ccccc3)cc2)n1. The van der Waals surface area contributed by atoms with Crippen LogP contribution in [0.3, 0.4) is 0 Å². The second-order valence-corrected chi connectivity index (χ2v) is 6.28. The third-order valence-electron chi connectivity index (χ3n) is 4.35. The van der Waals surface area contributed by atoms with Crippen LogP contribution in [0.1, 0.15) is 11.1 Å². The number of hydrogen-bond acceptors (Lipinski definition) is 4. The lowest BCUT2D eigenvalue weighted by Crippen LogP contribution is -2.03. The highest BCUT2D eigenvalue weighted by Gasteiger charge is 2.09. The molecule has 0 bridgehead atoms. The molecule has 1 heterocycles. The molecule has 0 unspecified atom stereocenters. The van der Waals surface area contributed by atoms with Crippen LogP contribution in [0.5, 0.6) is 0 Å². The summed E-state index contributed by atoms with van der Waals surface area (Å²) in [6.07, 6.45) is 0.912. The Morgan fingerprint density at radius 3 is 1.70 bits per heavy atom. The van der Waals surface area contributed by atoms with Gasteiger partial charge < -0.3 is 5.32 Å². The van der Waals surface area contributed by atoms with Crippen LogP contribution in [0.25, 0.3) is 22.8 Å². The molecular formula is C23H20N4. The van der Waals surface area contributed by atoms with Crippen molar-refractivity contribution in [2.45, 2.75) is 6.42 Å². The highest BCUT2D eigenvalue weighted by atomic mass is 15.1. The van der Waals surface area contributed by atoms with E-state index in [1.165, 1.54) is 11.1 Å². The van der Waals surface area contributed by atoms with E-state index >= 15 is 0 Å². The first-order chi connectivity index (χ1) is 13.3. The Hall–Kier alpha value is -3.53. The molecular weight excluding hydrogens is 332 g/mol. The first kappa shape index (κ1) is 16.9. The van der Waals surface area contributed by atoms with Gasteiger partial charge in [-0.2, -0.15) is 9.97 Å². The van der Waals surface area contributed by atoms with Crippen LogP contribution in [0, 0.1) is 0 Å². The van der Waals surface area contributed by atoms with Gasteiger partial charge in [-0.15, -0.1) is 0 Å². The molecule has 0 saturated carbocycles. The Morgan fingerprint density at radius 2 is 1.11 bits per heavy atom. The number of hydrogen-bond donors (Lipinski definition) is 1. The lowest BCUT2D eigenvalue weighted by atomic mass is 10.0. The van der Waals surface area contributed by atoms with Gasteiger partial charge in [0.25, 0.3) is 0 Å². The number of rotatable bonds is 5. The Labute approximate surface area is 159 Å². The van der Waals surface area contributed by atoms with Crippen molar-refractivity contribution in [3.8, 4) is 22.8 Å². The molecule has 0 aliphatic rings. The predicted molar refractivity (Wildman–Crippen MR) is 109 cm³/mol. The first-order valence-corrected chi connectivity index (χ1v) is 8.94. The van der Waals surface area contributed by atoms with Gasteiger partial charge in [0.05, 0.1) is 0 Å². The van der Waals surface area contributed by atoms with Crippen molar-refractivity contribution >= 4 is 5.95 Å². The smallest absolute Gasteiger partial charge is 0.226 e. The summed E-state index contributed by atoms with van der Waals surface area (Å²) in [7, 11) is 1.82. The molecule has 27 heavy (non-hydrogen) atoms. The second kappa shape index (κ2) is 7.79. The molecule has 0 aliphatic carbocycles. The van der Waals surface area contributed by atoms with Crippen LogP contribution in [-0.2, 0) is 6.42 Å². The average molecular weight is 352 g/mol. The van der Waals surface area contributed by atoms with Gasteiger partial charge in [0.1, 0.15) is 0 Å². The summed E-state index contributed by atoms with van der Waals surface area (Å²) >= 11 is 0. The van der Waals surface area contributed by atoms with Crippen molar-refractivity contribution in [3.05, 3.63) is 96.1 Å². The maximum absolute atomic E-state index is 4.67. The third-order valence-corrected chi connectivity index (χ3v) is 4.35. The maximum Gasteiger partial charge on any atom is 0.226 e. The van der Waals surface area contributed by atoms with Crippen LogP contribution in [0.4, 0.5) is 5.95 Å². The van der Waals surface area contributed by atoms with Crippen LogP contribution < -0.4 is 5.32 Å². The predicted octanol–water partition coefficient (Wildman–Crippen LogP) is 4.84. The van der Waals surface area contributed by atoms with Gasteiger partial charge in [0.2, 0.25) is 5.95 Å². The van der Waals surface area contributed by atoms with Crippen LogP contribution in [0.15, 0.2) is 84.9 Å². The molecule has 4 rings (SSSR count). The van der Waals surface area contributed by atoms with Crippen molar-refractivity contribution in [2.24, 2.45) is 0 Å². The molecule has 0 aliphatic heterocycles. The van der Waals surface area contributed by atoms with Crippen molar-refractivity contribution in [1.29, 1.82) is 0 Å². The second-order valence-electron chi connectivity index (χ2n) is 6.28. The molecule has 132 valence electrons. The molecule has 0 fully saturated rings. The summed E-state index contributed by atoms with van der Waals surface area (Å²) in [6, 6.07) is 28.8. The normalized spacial score (nSPS) is 10.6. The van der Waals surface area contributed by atoms with Gasteiger partial charge in [0, 0.05) is 18.2 Å². The van der Waals surface area contributed by atoms with E-state index < -0.39 is 0 Å². The zero-order valence-corrected chi connectivity index (χ0v) is 15.1. The van der Waals surface area contributed by atoms with Gasteiger partial charge in [-0.05, 0) is 17.5 Å². The lowest BCUT2D eigenvalue weighted by molar-refractivity contribution is 1.06. The highest BCUT2D eigenvalue weighted by molar-refractivity contribution is 5.63. The third kappa shape index (κ3) is 4.01. The number of benzene rings is 3. The van der Waals surface area contributed by atoms with Gasteiger partial charge in [-0.25, -0.2) is 4.98 Å². The molecule has 0 saturated heterocycles. The van der Waals surface area contributed by atoms with E-state index in [1.807, 2.05) is 43.4 Å². The lowest BCUT2D eigenvalue weighted by Gasteiger charge is -2.08. The van der Waals surface area contributed by atoms with Crippen LogP contribution >= 0.6 is 0 Å². The van der Waals surface area contributed by atoms with E-state index in [4.69, 9.17) is 0 Å². The molecule has 4 heteroatoms. The zero-order valence-electron chi connectivity index (χ0n) is 15.1. The molecule has 4 nitrogen and oxygen atoms in total. The Bertz CT molecular complexity index is 1010. The fourth-order valence-corrected chi connectivity index (χ4v) is 2.94. The van der Waals surface area contributed by atoms with E-state index in [1.54, 1.807) is 0 Å². The number of nitrogens with zero attached hydrogens (tertiary/aromatic N) is 3. The Balaban J connectivity index is 1.64. The minimum atomic E-state index is 0.562.